The normalized spacial score (nSPS) is 17.9. The Morgan fingerprint density at radius 3 is 2.51 bits per heavy atom. The number of β-amino-alcohol motifs (C(OH)–C–C–N with tert-alkyl or cyclic N) is 1. The van der Waals surface area contributed by atoms with Crippen molar-refractivity contribution in [1.29, 1.82) is 0 Å². The van der Waals surface area contributed by atoms with E-state index in [4.69, 9.17) is 23.2 Å². The van der Waals surface area contributed by atoms with Gasteiger partial charge in [-0.15, -0.1) is 0 Å². The molecule has 7 rings (SSSR count). The Morgan fingerprint density at radius 1 is 1.04 bits per heavy atom. The van der Waals surface area contributed by atoms with Crippen LogP contribution in [0.25, 0.3) is 22.2 Å². The summed E-state index contributed by atoms with van der Waals surface area (Å²) in [6, 6.07) is 14.0. The highest BCUT2D eigenvalue weighted by atomic mass is 35.5. The SMILES string of the molecule is CN[C@@H]1CCCn2nc(C(=O)Nc3cccc(-c4cccc(Nc5nc(C(F)F)nc6cc(CN7CC[C@@H](O)C7)cnc56)c4Cl)c3Cl)cc21. The summed E-state index contributed by atoms with van der Waals surface area (Å²) in [6.45, 7) is 2.52. The number of hydrogen-bond donors (Lipinski definition) is 4. The highest BCUT2D eigenvalue weighted by Gasteiger charge is 2.25. The van der Waals surface area contributed by atoms with Crippen molar-refractivity contribution in [1.82, 2.24) is 34.9 Å². The summed E-state index contributed by atoms with van der Waals surface area (Å²) in [5, 5.41) is 24.1. The maximum absolute atomic E-state index is 13.9. The Labute approximate surface area is 290 Å². The fourth-order valence-electron chi connectivity index (χ4n) is 6.44. The second kappa shape index (κ2) is 13.9. The molecule has 2 aliphatic heterocycles. The van der Waals surface area contributed by atoms with Crippen molar-refractivity contribution in [2.75, 3.05) is 30.8 Å². The Morgan fingerprint density at radius 2 is 1.80 bits per heavy atom. The summed E-state index contributed by atoms with van der Waals surface area (Å²) in [7, 11) is 1.89. The summed E-state index contributed by atoms with van der Waals surface area (Å²) in [5.41, 5.74) is 4.42. The number of nitrogens with zero attached hydrogens (tertiary/aromatic N) is 6. The first-order chi connectivity index (χ1) is 23.7. The number of aliphatic hydroxyl groups is 1. The van der Waals surface area contributed by atoms with Crippen LogP contribution in [0.1, 0.15) is 59.3 Å². The fraction of sp³-hybridized carbons (Fsp3) is 0.324. The van der Waals surface area contributed by atoms with Gasteiger partial charge in [-0.1, -0.05) is 47.5 Å². The molecule has 254 valence electrons. The van der Waals surface area contributed by atoms with Gasteiger partial charge in [-0.25, -0.2) is 18.7 Å². The van der Waals surface area contributed by atoms with Gasteiger partial charge >= 0.3 is 0 Å². The van der Waals surface area contributed by atoms with Gasteiger partial charge in [-0.3, -0.25) is 19.4 Å². The summed E-state index contributed by atoms with van der Waals surface area (Å²) in [4.78, 5) is 28.0. The van der Waals surface area contributed by atoms with Crippen molar-refractivity contribution in [2.45, 2.75) is 50.9 Å². The van der Waals surface area contributed by atoms with Gasteiger partial charge in [0.15, 0.2) is 17.3 Å². The zero-order valence-electron chi connectivity index (χ0n) is 26.4. The van der Waals surface area contributed by atoms with Crippen molar-refractivity contribution >= 4 is 57.3 Å². The van der Waals surface area contributed by atoms with Crippen LogP contribution < -0.4 is 16.0 Å². The number of amides is 1. The maximum atomic E-state index is 13.9. The van der Waals surface area contributed by atoms with Gasteiger partial charge < -0.3 is 21.1 Å². The molecule has 0 radical (unpaired) electrons. The smallest absolute Gasteiger partial charge is 0.297 e. The Bertz CT molecular complexity index is 2040. The number of aromatic nitrogens is 5. The van der Waals surface area contributed by atoms with Crippen LogP contribution in [-0.2, 0) is 13.1 Å². The minimum Gasteiger partial charge on any atom is -0.392 e. The van der Waals surface area contributed by atoms with Crippen molar-refractivity contribution in [3.63, 3.8) is 0 Å². The Hall–Kier alpha value is -4.27. The van der Waals surface area contributed by atoms with E-state index in [0.717, 1.165) is 37.2 Å². The average molecular weight is 709 g/mol. The van der Waals surface area contributed by atoms with Crippen LogP contribution in [0.4, 0.5) is 26.0 Å². The number of alkyl halides is 2. The van der Waals surface area contributed by atoms with Gasteiger partial charge in [-0.05, 0) is 56.1 Å². The monoisotopic (exact) mass is 707 g/mol. The number of fused-ring (bicyclic) bond motifs is 2. The first-order valence-electron chi connectivity index (χ1n) is 15.9. The first-order valence-corrected chi connectivity index (χ1v) is 16.7. The number of carbonyl (C=O) groups excluding carboxylic acids is 1. The van der Waals surface area contributed by atoms with Gasteiger partial charge in [0.25, 0.3) is 12.3 Å². The number of aliphatic hydroxyl groups excluding tert-OH is 1. The molecule has 0 saturated carbocycles. The maximum Gasteiger partial charge on any atom is 0.297 e. The second-order valence-corrected chi connectivity index (χ2v) is 13.0. The summed E-state index contributed by atoms with van der Waals surface area (Å²) in [6.07, 6.45) is 0.967. The molecule has 0 spiro atoms. The number of halogens is 4. The molecule has 0 aliphatic carbocycles. The first kappa shape index (κ1) is 33.2. The van der Waals surface area contributed by atoms with Gasteiger partial charge in [0, 0.05) is 49.5 Å². The van der Waals surface area contributed by atoms with E-state index in [1.54, 1.807) is 54.7 Å². The number of rotatable bonds is 9. The molecule has 2 atom stereocenters. The molecule has 2 aliphatic rings. The van der Waals surface area contributed by atoms with Crippen LogP contribution in [0.3, 0.4) is 0 Å². The molecule has 2 aromatic carbocycles. The zero-order chi connectivity index (χ0) is 34.2. The Balaban J connectivity index is 1.16. The van der Waals surface area contributed by atoms with E-state index in [2.05, 4.69) is 40.9 Å². The van der Waals surface area contributed by atoms with Gasteiger partial charge in [-0.2, -0.15) is 5.10 Å². The lowest BCUT2D eigenvalue weighted by atomic mass is 10.0. The van der Waals surface area contributed by atoms with E-state index < -0.39 is 18.2 Å². The average Bonchev–Trinajstić information content (AvgIpc) is 3.72. The molecular formula is C34H33Cl2F2N9O2. The van der Waals surface area contributed by atoms with Crippen LogP contribution in [0.15, 0.2) is 54.7 Å². The van der Waals surface area contributed by atoms with E-state index in [0.29, 0.717) is 53.2 Å². The third-order valence-corrected chi connectivity index (χ3v) is 9.67. The van der Waals surface area contributed by atoms with Gasteiger partial charge in [0.05, 0.1) is 38.7 Å². The molecule has 1 saturated heterocycles. The number of benzene rings is 2. The third-order valence-electron chi connectivity index (χ3n) is 8.86. The minimum absolute atomic E-state index is 0.0675. The van der Waals surface area contributed by atoms with Crippen LogP contribution in [0, 0.1) is 0 Å². The predicted octanol–water partition coefficient (Wildman–Crippen LogP) is 6.75. The lowest BCUT2D eigenvalue weighted by molar-refractivity contribution is 0.102. The van der Waals surface area contributed by atoms with E-state index in [1.165, 1.54) is 0 Å². The molecule has 1 fully saturated rings. The third kappa shape index (κ3) is 6.81. The van der Waals surface area contributed by atoms with Crippen molar-refractivity contribution in [3.05, 3.63) is 87.5 Å². The molecule has 4 N–H and O–H groups in total. The largest absolute Gasteiger partial charge is 0.392 e. The number of hydrogen-bond acceptors (Lipinski definition) is 9. The zero-order valence-corrected chi connectivity index (χ0v) is 27.9. The van der Waals surface area contributed by atoms with Crippen LogP contribution in [0.2, 0.25) is 10.0 Å². The molecule has 0 bridgehead atoms. The standard InChI is InChI=1S/C34H33Cl2F2N9O2/c1-39-22-9-4-11-47-27(22)14-26(45-47)34(49)43-24-8-3-6-21(29(24)36)20-5-2-7-23(28(20)35)41-32-30-25(42-33(44-32)31(37)38)13-18(15-40-30)16-46-12-10-19(48)17-46/h2-3,5-8,13-15,19,22,31,39,48H,4,9-12,16-17H2,1H3,(H,43,49)(H,41,42,44)/t19-,22-/m1/s1. The summed E-state index contributed by atoms with van der Waals surface area (Å²) in [5.74, 6) is -0.973. The topological polar surface area (TPSA) is 133 Å². The van der Waals surface area contributed by atoms with E-state index >= 15 is 0 Å². The van der Waals surface area contributed by atoms with Crippen molar-refractivity contribution in [2.24, 2.45) is 0 Å². The molecule has 0 unspecified atom stereocenters. The molecular weight excluding hydrogens is 675 g/mol. The molecule has 5 heterocycles. The van der Waals surface area contributed by atoms with Crippen LogP contribution in [-0.4, -0.2) is 66.9 Å². The van der Waals surface area contributed by atoms with Crippen LogP contribution in [0.5, 0.6) is 0 Å². The van der Waals surface area contributed by atoms with E-state index in [-0.39, 0.29) is 33.5 Å². The number of nitrogens with one attached hydrogen (secondary N) is 3. The minimum atomic E-state index is -2.92. The number of anilines is 3. The molecule has 3 aromatic heterocycles. The summed E-state index contributed by atoms with van der Waals surface area (Å²) < 4.78 is 29.7. The van der Waals surface area contributed by atoms with E-state index in [1.807, 2.05) is 11.7 Å². The second-order valence-electron chi connectivity index (χ2n) is 12.2. The van der Waals surface area contributed by atoms with Crippen molar-refractivity contribution in [3.8, 4) is 11.1 Å². The van der Waals surface area contributed by atoms with Crippen LogP contribution >= 0.6 is 23.2 Å². The highest BCUT2D eigenvalue weighted by Crippen LogP contribution is 2.41. The predicted molar refractivity (Wildman–Crippen MR) is 185 cm³/mol. The summed E-state index contributed by atoms with van der Waals surface area (Å²) >= 11 is 13.8. The molecule has 49 heavy (non-hydrogen) atoms. The lowest BCUT2D eigenvalue weighted by Gasteiger charge is -2.22. The molecule has 15 heteroatoms. The van der Waals surface area contributed by atoms with Crippen molar-refractivity contribution < 1.29 is 18.7 Å². The molecule has 5 aromatic rings. The fourth-order valence-corrected chi connectivity index (χ4v) is 6.99. The lowest BCUT2D eigenvalue weighted by Crippen LogP contribution is -2.24. The number of carbonyl (C=O) groups is 1. The number of likely N-dealkylation sites (tertiary alicyclic amines) is 1. The number of pyridine rings is 1. The molecule has 1 amide bonds. The highest BCUT2D eigenvalue weighted by molar-refractivity contribution is 6.39. The Kier molecular flexibility index (Phi) is 9.44. The van der Waals surface area contributed by atoms with Gasteiger partial charge in [0.1, 0.15) is 5.52 Å². The van der Waals surface area contributed by atoms with Gasteiger partial charge in [0.2, 0.25) is 0 Å². The number of aryl methyl sites for hydroxylation is 1. The van der Waals surface area contributed by atoms with E-state index in [9.17, 15) is 18.7 Å². The quantitative estimate of drug-likeness (QED) is 0.131. The molecule has 11 nitrogen and oxygen atoms in total.